The Hall–Kier alpha value is -1.53. The zero-order chi connectivity index (χ0) is 16.4. The molecule has 23 heavy (non-hydrogen) atoms. The van der Waals surface area contributed by atoms with E-state index in [0.29, 0.717) is 29.4 Å². The quantitative estimate of drug-likeness (QED) is 0.769. The third kappa shape index (κ3) is 1.97. The molecule has 0 aliphatic heterocycles. The smallest absolute Gasteiger partial charge is 0.115 e. The number of aliphatic hydroxyl groups excluding tert-OH is 1. The molecule has 0 amide bonds. The Labute approximate surface area is 138 Å². The average molecular weight is 311 g/mol. The van der Waals surface area contributed by atoms with Crippen LogP contribution in [0.4, 0.5) is 0 Å². The predicted molar refractivity (Wildman–Crippen MR) is 87.8 cm³/mol. The molecule has 3 heteroatoms. The van der Waals surface area contributed by atoms with E-state index in [1.807, 2.05) is 6.07 Å². The Morgan fingerprint density at radius 2 is 2.13 bits per heavy atom. The molecule has 7 atom stereocenters. The van der Waals surface area contributed by atoms with Gasteiger partial charge < -0.3 is 10.2 Å². The third-order valence-electron chi connectivity index (χ3n) is 7.21. The van der Waals surface area contributed by atoms with Crippen molar-refractivity contribution in [2.75, 3.05) is 0 Å². The van der Waals surface area contributed by atoms with Gasteiger partial charge in [-0.2, -0.15) is 5.26 Å². The highest BCUT2D eigenvalue weighted by molar-refractivity contribution is 5.41. The molecule has 3 unspecified atom stereocenters. The number of nitrogens with zero attached hydrogens (tertiary/aromatic N) is 1. The van der Waals surface area contributed by atoms with Gasteiger partial charge in [0.25, 0.3) is 0 Å². The number of phenols is 1. The number of rotatable bonds is 0. The van der Waals surface area contributed by atoms with Crippen LogP contribution in [0.15, 0.2) is 18.2 Å². The van der Waals surface area contributed by atoms with Gasteiger partial charge in [0.05, 0.1) is 18.1 Å². The van der Waals surface area contributed by atoms with Crippen LogP contribution in [0.3, 0.4) is 0 Å². The molecule has 2 saturated carbocycles. The second-order valence-electron chi connectivity index (χ2n) is 8.32. The molecule has 3 nitrogen and oxygen atoms in total. The molecule has 1 aromatic rings. The summed E-state index contributed by atoms with van der Waals surface area (Å²) in [5, 5.41) is 30.3. The molecular weight excluding hydrogens is 286 g/mol. The highest BCUT2D eigenvalue weighted by atomic mass is 16.3. The maximum atomic E-state index is 10.7. The second-order valence-corrected chi connectivity index (χ2v) is 8.32. The van der Waals surface area contributed by atoms with E-state index in [2.05, 4.69) is 26.0 Å². The normalized spacial score (nSPS) is 44.8. The summed E-state index contributed by atoms with van der Waals surface area (Å²) in [4.78, 5) is 0. The fraction of sp³-hybridized carbons (Fsp3) is 0.650. The van der Waals surface area contributed by atoms with Crippen LogP contribution >= 0.6 is 0 Å². The third-order valence-corrected chi connectivity index (χ3v) is 7.21. The summed E-state index contributed by atoms with van der Waals surface area (Å²) >= 11 is 0. The molecule has 4 rings (SSSR count). The van der Waals surface area contributed by atoms with Crippen LogP contribution in [0.5, 0.6) is 5.75 Å². The first-order valence-corrected chi connectivity index (χ1v) is 8.85. The van der Waals surface area contributed by atoms with E-state index >= 15 is 0 Å². The van der Waals surface area contributed by atoms with Crippen molar-refractivity contribution in [2.45, 2.75) is 51.6 Å². The predicted octanol–water partition coefficient (Wildman–Crippen LogP) is 3.60. The minimum atomic E-state index is -0.242. The van der Waals surface area contributed by atoms with E-state index in [1.54, 1.807) is 6.07 Å². The van der Waals surface area contributed by atoms with Crippen LogP contribution in [0.2, 0.25) is 0 Å². The van der Waals surface area contributed by atoms with Gasteiger partial charge in [0, 0.05) is 0 Å². The summed E-state index contributed by atoms with van der Waals surface area (Å²) in [7, 11) is 0. The van der Waals surface area contributed by atoms with Gasteiger partial charge in [-0.05, 0) is 78.0 Å². The molecule has 0 saturated heterocycles. The molecule has 2 N–H and O–H groups in total. The number of hydrogen-bond acceptors (Lipinski definition) is 3. The van der Waals surface area contributed by atoms with Gasteiger partial charge in [-0.15, -0.1) is 0 Å². The highest BCUT2D eigenvalue weighted by Gasteiger charge is 2.58. The number of phenolic OH excluding ortho intramolecular Hbond substituents is 1. The van der Waals surface area contributed by atoms with Crippen LogP contribution in [-0.4, -0.2) is 16.3 Å². The molecule has 0 aromatic heterocycles. The van der Waals surface area contributed by atoms with Gasteiger partial charge in [-0.25, -0.2) is 0 Å². The van der Waals surface area contributed by atoms with Crippen LogP contribution in [-0.2, 0) is 6.42 Å². The van der Waals surface area contributed by atoms with Crippen LogP contribution in [0.25, 0.3) is 0 Å². The summed E-state index contributed by atoms with van der Waals surface area (Å²) in [6.45, 7) is 4.39. The molecule has 122 valence electrons. The maximum Gasteiger partial charge on any atom is 0.115 e. The topological polar surface area (TPSA) is 64.2 Å². The van der Waals surface area contributed by atoms with Crippen molar-refractivity contribution in [1.82, 2.24) is 0 Å². The molecule has 3 aliphatic rings. The molecular formula is C20H25NO2. The van der Waals surface area contributed by atoms with Gasteiger partial charge in [-0.3, -0.25) is 0 Å². The molecule has 0 radical (unpaired) electrons. The molecule has 0 heterocycles. The van der Waals surface area contributed by atoms with Crippen molar-refractivity contribution in [3.63, 3.8) is 0 Å². The average Bonchev–Trinajstić information content (AvgIpc) is 2.77. The van der Waals surface area contributed by atoms with Gasteiger partial charge in [-0.1, -0.05) is 19.9 Å². The molecule has 3 aliphatic carbocycles. The lowest BCUT2D eigenvalue weighted by Crippen LogP contribution is -2.47. The van der Waals surface area contributed by atoms with Crippen molar-refractivity contribution < 1.29 is 10.2 Å². The Morgan fingerprint density at radius 3 is 2.87 bits per heavy atom. The minimum Gasteiger partial charge on any atom is -0.508 e. The van der Waals surface area contributed by atoms with Crippen LogP contribution in [0, 0.1) is 40.4 Å². The summed E-state index contributed by atoms with van der Waals surface area (Å²) in [6, 6.07) is 8.25. The molecule has 0 spiro atoms. The molecule has 0 bridgehead atoms. The lowest BCUT2D eigenvalue weighted by atomic mass is 9.53. The zero-order valence-corrected chi connectivity index (χ0v) is 13.9. The summed E-state index contributed by atoms with van der Waals surface area (Å²) in [6.07, 6.45) is 3.59. The highest BCUT2D eigenvalue weighted by Crippen LogP contribution is 2.63. The first kappa shape index (κ1) is 15.0. The van der Waals surface area contributed by atoms with E-state index in [4.69, 9.17) is 0 Å². The maximum absolute atomic E-state index is 10.7. The number of benzene rings is 1. The van der Waals surface area contributed by atoms with Crippen LogP contribution < -0.4 is 0 Å². The second kappa shape index (κ2) is 4.98. The van der Waals surface area contributed by atoms with Crippen molar-refractivity contribution >= 4 is 0 Å². The van der Waals surface area contributed by atoms with E-state index in [9.17, 15) is 15.5 Å². The van der Waals surface area contributed by atoms with Gasteiger partial charge >= 0.3 is 0 Å². The number of nitriles is 1. The summed E-state index contributed by atoms with van der Waals surface area (Å²) < 4.78 is 0. The standard InChI is InChI=1S/C20H25NO2/c1-11-7-17-18-13(10-21)8-12-9-14(22)3-4-15(12)16(18)5-6-20(17,2)19(11)23/h3-4,9,11,13,16-19,22-23H,5-8H2,1-2H3/t11-,13+,16?,17?,18?,19+,20+/m1/s1. The van der Waals surface area contributed by atoms with Crippen molar-refractivity contribution in [1.29, 1.82) is 5.26 Å². The van der Waals surface area contributed by atoms with E-state index < -0.39 is 0 Å². The van der Waals surface area contributed by atoms with E-state index in [-0.39, 0.29) is 17.4 Å². The van der Waals surface area contributed by atoms with E-state index in [1.165, 1.54) is 5.56 Å². The van der Waals surface area contributed by atoms with Crippen molar-refractivity contribution in [3.05, 3.63) is 29.3 Å². The number of hydrogen-bond donors (Lipinski definition) is 2. The minimum absolute atomic E-state index is 0.00331. The summed E-state index contributed by atoms with van der Waals surface area (Å²) in [5.74, 6) is 1.79. The Bertz CT molecular complexity index is 679. The summed E-state index contributed by atoms with van der Waals surface area (Å²) in [5.41, 5.74) is 2.44. The Balaban J connectivity index is 1.79. The number of aliphatic hydroxyl groups is 1. The zero-order valence-electron chi connectivity index (χ0n) is 13.9. The van der Waals surface area contributed by atoms with Gasteiger partial charge in [0.15, 0.2) is 0 Å². The molecule has 1 aromatic carbocycles. The van der Waals surface area contributed by atoms with Crippen LogP contribution in [0.1, 0.15) is 50.2 Å². The first-order valence-electron chi connectivity index (χ1n) is 8.85. The lowest BCUT2D eigenvalue weighted by molar-refractivity contribution is -0.0382. The number of fused-ring (bicyclic) bond motifs is 5. The van der Waals surface area contributed by atoms with Crippen molar-refractivity contribution in [2.24, 2.45) is 29.1 Å². The first-order chi connectivity index (χ1) is 11.0. The SMILES string of the molecule is C[C@@H]1CC2C3C(CC[C@]2(C)[C@H]1O)c1ccc(O)cc1C[C@H]3C#N. The Kier molecular flexibility index (Phi) is 3.25. The largest absolute Gasteiger partial charge is 0.508 e. The fourth-order valence-corrected chi connectivity index (χ4v) is 6.10. The molecule has 2 fully saturated rings. The lowest BCUT2D eigenvalue weighted by Gasteiger charge is -2.51. The van der Waals surface area contributed by atoms with Gasteiger partial charge in [0.1, 0.15) is 5.75 Å². The number of aromatic hydroxyl groups is 1. The van der Waals surface area contributed by atoms with Crippen molar-refractivity contribution in [3.8, 4) is 11.8 Å². The van der Waals surface area contributed by atoms with E-state index in [0.717, 1.165) is 31.2 Å². The fourth-order valence-electron chi connectivity index (χ4n) is 6.10. The Morgan fingerprint density at radius 1 is 1.35 bits per heavy atom. The van der Waals surface area contributed by atoms with Gasteiger partial charge in [0.2, 0.25) is 0 Å². The monoisotopic (exact) mass is 311 g/mol.